The summed E-state index contributed by atoms with van der Waals surface area (Å²) in [6.45, 7) is 1.74. The highest BCUT2D eigenvalue weighted by molar-refractivity contribution is 6.01. The van der Waals surface area contributed by atoms with Crippen LogP contribution in [0.2, 0.25) is 0 Å². The third-order valence-corrected chi connectivity index (χ3v) is 4.40. The van der Waals surface area contributed by atoms with Crippen LogP contribution in [0, 0.1) is 17.0 Å². The van der Waals surface area contributed by atoms with Crippen LogP contribution in [0.25, 0.3) is 23.1 Å². The number of nitrogens with zero attached hydrogens (tertiary/aromatic N) is 6. The lowest BCUT2D eigenvalue weighted by atomic mass is 10.2. The van der Waals surface area contributed by atoms with Crippen LogP contribution in [0.1, 0.15) is 11.3 Å². The molecule has 3 heterocycles. The van der Waals surface area contributed by atoms with Crippen LogP contribution in [-0.2, 0) is 11.8 Å². The third-order valence-electron chi connectivity index (χ3n) is 4.40. The quantitative estimate of drug-likeness (QED) is 0.283. The fraction of sp³-hybridized carbons (Fsp3) is 0.105. The van der Waals surface area contributed by atoms with Gasteiger partial charge in [-0.2, -0.15) is 19.9 Å². The Kier molecular flexibility index (Phi) is 4.87. The van der Waals surface area contributed by atoms with Crippen molar-refractivity contribution in [2.45, 2.75) is 6.92 Å². The maximum atomic E-state index is 12.4. The van der Waals surface area contributed by atoms with E-state index in [1.165, 1.54) is 52.0 Å². The maximum absolute atomic E-state index is 12.4. The van der Waals surface area contributed by atoms with Crippen molar-refractivity contribution < 1.29 is 9.72 Å². The first-order chi connectivity index (χ1) is 14.8. The number of nitro groups is 1. The molecular weight excluding hydrogens is 404 g/mol. The van der Waals surface area contributed by atoms with Gasteiger partial charge in [-0.15, -0.1) is 0 Å². The van der Waals surface area contributed by atoms with Gasteiger partial charge in [-0.1, -0.05) is 0 Å². The monoisotopic (exact) mass is 420 g/mol. The summed E-state index contributed by atoms with van der Waals surface area (Å²) < 4.78 is 2.79. The Morgan fingerprint density at radius 2 is 2.03 bits per heavy atom. The standard InChI is InChI=1S/C19H16N8O4/c1-11-9-15(21-16(28)8-5-12-3-6-13(7-4-12)27(30)31)26(24-11)19-22-17-14(18(29)23-19)10-20-25(17)2/h3-10H,1-2H3,(H,21,28)(H,22,23,29)/b8-5-. The molecule has 12 heteroatoms. The number of H-pyrrole nitrogens is 1. The minimum absolute atomic E-state index is 0.0344. The molecule has 4 aromatic rings. The Labute approximate surface area is 174 Å². The minimum atomic E-state index is -0.495. The van der Waals surface area contributed by atoms with Gasteiger partial charge < -0.3 is 5.32 Å². The molecule has 0 aliphatic carbocycles. The second-order valence-electron chi connectivity index (χ2n) is 6.65. The van der Waals surface area contributed by atoms with Gasteiger partial charge in [0, 0.05) is 31.3 Å². The van der Waals surface area contributed by atoms with Crippen LogP contribution in [-0.4, -0.2) is 40.4 Å². The highest BCUT2D eigenvalue weighted by Gasteiger charge is 2.15. The number of amides is 1. The molecule has 31 heavy (non-hydrogen) atoms. The molecule has 1 aromatic carbocycles. The molecule has 0 aliphatic heterocycles. The fourth-order valence-corrected chi connectivity index (χ4v) is 2.92. The predicted molar refractivity (Wildman–Crippen MR) is 112 cm³/mol. The average Bonchev–Trinajstić information content (AvgIpc) is 3.29. The Morgan fingerprint density at radius 1 is 1.29 bits per heavy atom. The van der Waals surface area contributed by atoms with E-state index in [0.717, 1.165) is 0 Å². The van der Waals surface area contributed by atoms with Crippen molar-refractivity contribution in [2.24, 2.45) is 7.05 Å². The summed E-state index contributed by atoms with van der Waals surface area (Å²) in [6, 6.07) is 7.41. The molecule has 3 aromatic heterocycles. The first kappa shape index (κ1) is 19.7. The lowest BCUT2D eigenvalue weighted by Gasteiger charge is -2.07. The highest BCUT2D eigenvalue weighted by atomic mass is 16.6. The SMILES string of the molecule is Cc1cc(NC(=O)/C=C\c2ccc([N+](=O)[O-])cc2)n(-c2nc3c(cnn3C)c(=O)[nH]2)n1. The van der Waals surface area contributed by atoms with E-state index in [9.17, 15) is 19.7 Å². The van der Waals surface area contributed by atoms with Crippen molar-refractivity contribution >= 4 is 34.5 Å². The van der Waals surface area contributed by atoms with Crippen LogP contribution < -0.4 is 10.9 Å². The number of aryl methyl sites for hydroxylation is 2. The number of fused-ring (bicyclic) bond motifs is 1. The molecule has 0 aliphatic rings. The van der Waals surface area contributed by atoms with E-state index in [0.29, 0.717) is 28.1 Å². The summed E-state index contributed by atoms with van der Waals surface area (Å²) >= 11 is 0. The molecule has 0 bridgehead atoms. The Hall–Kier alpha value is -4.61. The van der Waals surface area contributed by atoms with Gasteiger partial charge in [-0.25, -0.2) is 0 Å². The van der Waals surface area contributed by atoms with Gasteiger partial charge in [0.05, 0.1) is 16.8 Å². The number of hydrogen-bond acceptors (Lipinski definition) is 7. The van der Waals surface area contributed by atoms with Gasteiger partial charge in [0.2, 0.25) is 11.9 Å². The van der Waals surface area contributed by atoms with E-state index < -0.39 is 10.8 Å². The van der Waals surface area contributed by atoms with Gasteiger partial charge in [-0.05, 0) is 30.7 Å². The van der Waals surface area contributed by atoms with E-state index in [1.54, 1.807) is 20.0 Å². The Balaban J connectivity index is 1.59. The zero-order valence-electron chi connectivity index (χ0n) is 16.4. The largest absolute Gasteiger partial charge is 0.307 e. The molecule has 0 unspecified atom stereocenters. The Bertz CT molecular complexity index is 1390. The molecule has 0 spiro atoms. The van der Waals surface area contributed by atoms with Gasteiger partial charge in [0.25, 0.3) is 11.2 Å². The van der Waals surface area contributed by atoms with E-state index in [4.69, 9.17) is 0 Å². The number of carbonyl (C=O) groups is 1. The Morgan fingerprint density at radius 3 is 2.74 bits per heavy atom. The summed E-state index contributed by atoms with van der Waals surface area (Å²) in [5, 5.41) is 22.1. The molecule has 1 amide bonds. The lowest BCUT2D eigenvalue weighted by Crippen LogP contribution is -2.18. The van der Waals surface area contributed by atoms with Crippen molar-refractivity contribution in [1.82, 2.24) is 29.5 Å². The van der Waals surface area contributed by atoms with E-state index >= 15 is 0 Å². The van der Waals surface area contributed by atoms with Crippen LogP contribution in [0.4, 0.5) is 11.5 Å². The number of aromatic nitrogens is 6. The molecule has 0 saturated heterocycles. The maximum Gasteiger partial charge on any atom is 0.269 e. The van der Waals surface area contributed by atoms with Crippen LogP contribution in [0.5, 0.6) is 0 Å². The molecule has 0 radical (unpaired) electrons. The van der Waals surface area contributed by atoms with Gasteiger partial charge in [0.15, 0.2) is 5.65 Å². The molecule has 0 saturated carbocycles. The van der Waals surface area contributed by atoms with Gasteiger partial charge in [-0.3, -0.25) is 29.4 Å². The lowest BCUT2D eigenvalue weighted by molar-refractivity contribution is -0.384. The molecule has 2 N–H and O–H groups in total. The summed E-state index contributed by atoms with van der Waals surface area (Å²) in [6.07, 6.45) is 4.23. The smallest absolute Gasteiger partial charge is 0.269 e. The summed E-state index contributed by atoms with van der Waals surface area (Å²) in [5.41, 5.74) is 1.19. The van der Waals surface area contributed by atoms with Crippen molar-refractivity contribution in [2.75, 3.05) is 5.32 Å². The van der Waals surface area contributed by atoms with Crippen molar-refractivity contribution in [1.29, 1.82) is 0 Å². The highest BCUT2D eigenvalue weighted by Crippen LogP contribution is 2.16. The van der Waals surface area contributed by atoms with Crippen LogP contribution >= 0.6 is 0 Å². The molecule has 156 valence electrons. The third kappa shape index (κ3) is 3.94. The molecule has 0 fully saturated rings. The van der Waals surface area contributed by atoms with Crippen molar-refractivity contribution in [3.8, 4) is 5.95 Å². The number of hydrogen-bond donors (Lipinski definition) is 2. The molecule has 4 rings (SSSR count). The fourth-order valence-electron chi connectivity index (χ4n) is 2.92. The first-order valence-electron chi connectivity index (χ1n) is 9.04. The van der Waals surface area contributed by atoms with Crippen molar-refractivity contribution in [3.63, 3.8) is 0 Å². The second kappa shape index (κ2) is 7.67. The summed E-state index contributed by atoms with van der Waals surface area (Å²) in [4.78, 5) is 41.9. The number of non-ortho nitro benzene ring substituents is 1. The minimum Gasteiger partial charge on any atom is -0.307 e. The molecule has 12 nitrogen and oxygen atoms in total. The first-order valence-corrected chi connectivity index (χ1v) is 9.04. The zero-order valence-corrected chi connectivity index (χ0v) is 16.4. The number of nitrogens with one attached hydrogen (secondary N) is 2. The van der Waals surface area contributed by atoms with E-state index in [2.05, 4.69) is 25.5 Å². The van der Waals surface area contributed by atoms with Gasteiger partial charge in [0.1, 0.15) is 11.2 Å². The number of carbonyl (C=O) groups excluding carboxylic acids is 1. The zero-order chi connectivity index (χ0) is 22.1. The predicted octanol–water partition coefficient (Wildman–Crippen LogP) is 1.71. The van der Waals surface area contributed by atoms with E-state index in [-0.39, 0.29) is 17.2 Å². The average molecular weight is 420 g/mol. The second-order valence-corrected chi connectivity index (χ2v) is 6.65. The van der Waals surface area contributed by atoms with Crippen LogP contribution in [0.15, 0.2) is 47.4 Å². The van der Waals surface area contributed by atoms with Gasteiger partial charge >= 0.3 is 0 Å². The number of rotatable bonds is 5. The molecular formula is C19H16N8O4. The number of aromatic amines is 1. The number of nitro benzene ring substituents is 1. The number of benzene rings is 1. The van der Waals surface area contributed by atoms with Crippen molar-refractivity contribution in [3.05, 3.63) is 74.3 Å². The normalized spacial score (nSPS) is 11.3. The number of anilines is 1. The molecule has 0 atom stereocenters. The summed E-state index contributed by atoms with van der Waals surface area (Å²) in [5.74, 6) is -0.0205. The topological polar surface area (TPSA) is 154 Å². The summed E-state index contributed by atoms with van der Waals surface area (Å²) in [7, 11) is 1.67. The van der Waals surface area contributed by atoms with Crippen LogP contribution in [0.3, 0.4) is 0 Å². The van der Waals surface area contributed by atoms with E-state index in [1.807, 2.05) is 0 Å².